The summed E-state index contributed by atoms with van der Waals surface area (Å²) in [5.41, 5.74) is 1.59. The topological polar surface area (TPSA) is 61.3 Å². The van der Waals surface area contributed by atoms with Gasteiger partial charge in [-0.25, -0.2) is 9.78 Å². The molecule has 0 saturated heterocycles. The summed E-state index contributed by atoms with van der Waals surface area (Å²) >= 11 is 3.39. The fraction of sp³-hybridized carbons (Fsp3) is 0.214. The van der Waals surface area contributed by atoms with Gasteiger partial charge in [-0.15, -0.1) is 0 Å². The van der Waals surface area contributed by atoms with Crippen molar-refractivity contribution in [1.29, 1.82) is 0 Å². The number of esters is 1. The van der Waals surface area contributed by atoms with E-state index in [1.54, 1.807) is 13.0 Å². The third-order valence-corrected chi connectivity index (χ3v) is 3.06. The molecule has 104 valence electrons. The summed E-state index contributed by atoms with van der Waals surface area (Å²) in [4.78, 5) is 19.5. The van der Waals surface area contributed by atoms with Crippen LogP contribution >= 0.6 is 15.9 Å². The molecule has 0 atom stereocenters. The third kappa shape index (κ3) is 3.33. The minimum Gasteiger partial charge on any atom is -0.463 e. The summed E-state index contributed by atoms with van der Waals surface area (Å²) < 4.78 is 11.2. The van der Waals surface area contributed by atoms with Crippen LogP contribution in [0.5, 0.6) is 11.6 Å². The number of carbonyl (C=O) groups is 1. The Morgan fingerprint density at radius 1 is 1.20 bits per heavy atom. The van der Waals surface area contributed by atoms with E-state index in [0.29, 0.717) is 17.3 Å². The van der Waals surface area contributed by atoms with E-state index in [1.807, 2.05) is 25.1 Å². The molecule has 20 heavy (non-hydrogen) atoms. The van der Waals surface area contributed by atoms with Crippen molar-refractivity contribution >= 4 is 21.9 Å². The number of carbonyl (C=O) groups excluding carboxylic acids is 1. The molecule has 2 aromatic rings. The lowest BCUT2D eigenvalue weighted by atomic mass is 10.2. The highest BCUT2D eigenvalue weighted by Gasteiger charge is 2.13. The number of aromatic nitrogens is 2. The number of rotatable bonds is 3. The molecule has 0 radical (unpaired) electrons. The molecule has 1 aromatic carbocycles. The Hall–Kier alpha value is -1.95. The van der Waals surface area contributed by atoms with Gasteiger partial charge in [0.25, 0.3) is 0 Å². The first-order valence-electron chi connectivity index (χ1n) is 5.87. The average molecular weight is 337 g/mol. The van der Waals surface area contributed by atoms with Gasteiger partial charge in [0.15, 0.2) is 0 Å². The Balaban J connectivity index is 2.36. The van der Waals surface area contributed by atoms with Crippen molar-refractivity contribution in [2.24, 2.45) is 0 Å². The summed E-state index contributed by atoms with van der Waals surface area (Å²) in [5, 5.41) is 0. The van der Waals surface area contributed by atoms with E-state index in [1.165, 1.54) is 7.11 Å². The molecule has 0 fully saturated rings. The van der Waals surface area contributed by atoms with Gasteiger partial charge in [0, 0.05) is 16.2 Å². The van der Waals surface area contributed by atoms with Gasteiger partial charge >= 0.3 is 5.97 Å². The van der Waals surface area contributed by atoms with E-state index in [2.05, 4.69) is 30.6 Å². The number of ether oxygens (including phenoxy) is 2. The van der Waals surface area contributed by atoms with Crippen LogP contribution in [-0.4, -0.2) is 23.0 Å². The zero-order chi connectivity index (χ0) is 14.7. The zero-order valence-electron chi connectivity index (χ0n) is 11.3. The van der Waals surface area contributed by atoms with Crippen LogP contribution in [0.15, 0.2) is 28.7 Å². The lowest BCUT2D eigenvalue weighted by Crippen LogP contribution is -2.09. The standard InChI is InChI=1S/C14H13BrN2O3/c1-8-4-5-10(15)7-11(8)20-12-6-9(2)16-13(17-12)14(18)19-3/h4-7H,1-3H3. The van der Waals surface area contributed by atoms with Gasteiger partial charge < -0.3 is 9.47 Å². The van der Waals surface area contributed by atoms with E-state index in [4.69, 9.17) is 4.74 Å². The number of nitrogens with zero attached hydrogens (tertiary/aromatic N) is 2. The van der Waals surface area contributed by atoms with E-state index in [0.717, 1.165) is 10.0 Å². The van der Waals surface area contributed by atoms with Crippen molar-refractivity contribution in [3.8, 4) is 11.6 Å². The monoisotopic (exact) mass is 336 g/mol. The van der Waals surface area contributed by atoms with E-state index in [9.17, 15) is 4.79 Å². The molecule has 0 amide bonds. The summed E-state index contributed by atoms with van der Waals surface area (Å²) in [6.45, 7) is 3.69. The Morgan fingerprint density at radius 2 is 1.95 bits per heavy atom. The van der Waals surface area contributed by atoms with Gasteiger partial charge in [0.2, 0.25) is 11.7 Å². The maximum atomic E-state index is 11.5. The first-order valence-corrected chi connectivity index (χ1v) is 6.67. The maximum Gasteiger partial charge on any atom is 0.376 e. The molecule has 0 N–H and O–H groups in total. The molecule has 0 saturated carbocycles. The van der Waals surface area contributed by atoms with E-state index >= 15 is 0 Å². The van der Waals surface area contributed by atoms with Gasteiger partial charge in [0.1, 0.15) is 5.75 Å². The van der Waals surface area contributed by atoms with E-state index < -0.39 is 5.97 Å². The van der Waals surface area contributed by atoms with Crippen LogP contribution in [0, 0.1) is 13.8 Å². The van der Waals surface area contributed by atoms with Crippen LogP contribution < -0.4 is 4.74 Å². The second kappa shape index (κ2) is 6.00. The highest BCUT2D eigenvalue weighted by molar-refractivity contribution is 9.10. The molecule has 0 bridgehead atoms. The minimum absolute atomic E-state index is 0.0184. The summed E-state index contributed by atoms with van der Waals surface area (Å²) in [5.74, 6) is 0.354. The molecule has 0 aliphatic heterocycles. The quantitative estimate of drug-likeness (QED) is 0.803. The largest absolute Gasteiger partial charge is 0.463 e. The fourth-order valence-corrected chi connectivity index (χ4v) is 1.91. The molecule has 1 heterocycles. The van der Waals surface area contributed by atoms with Crippen molar-refractivity contribution in [3.05, 3.63) is 45.8 Å². The van der Waals surface area contributed by atoms with Crippen LogP contribution in [0.2, 0.25) is 0 Å². The van der Waals surface area contributed by atoms with Gasteiger partial charge in [-0.05, 0) is 31.5 Å². The van der Waals surface area contributed by atoms with Crippen molar-refractivity contribution in [2.45, 2.75) is 13.8 Å². The zero-order valence-corrected chi connectivity index (χ0v) is 12.9. The molecular formula is C14H13BrN2O3. The number of methoxy groups -OCH3 is 1. The molecule has 2 rings (SSSR count). The maximum absolute atomic E-state index is 11.5. The Labute approximate surface area is 125 Å². The van der Waals surface area contributed by atoms with Crippen LogP contribution in [0.1, 0.15) is 21.9 Å². The first kappa shape index (κ1) is 14.5. The van der Waals surface area contributed by atoms with Crippen LogP contribution in [0.3, 0.4) is 0 Å². The second-order valence-corrected chi connectivity index (χ2v) is 5.09. The van der Waals surface area contributed by atoms with Crippen molar-refractivity contribution < 1.29 is 14.3 Å². The number of halogens is 1. The predicted octanol–water partition coefficient (Wildman–Crippen LogP) is 3.43. The Kier molecular flexibility index (Phi) is 4.34. The van der Waals surface area contributed by atoms with Crippen LogP contribution in [0.4, 0.5) is 0 Å². The normalized spacial score (nSPS) is 10.2. The highest BCUT2D eigenvalue weighted by Crippen LogP contribution is 2.27. The molecule has 0 spiro atoms. The van der Waals surface area contributed by atoms with Crippen LogP contribution in [-0.2, 0) is 4.74 Å². The molecule has 5 nitrogen and oxygen atoms in total. The van der Waals surface area contributed by atoms with Crippen LogP contribution in [0.25, 0.3) is 0 Å². The second-order valence-electron chi connectivity index (χ2n) is 4.17. The number of benzene rings is 1. The molecule has 1 aromatic heterocycles. The van der Waals surface area contributed by atoms with Crippen molar-refractivity contribution in [1.82, 2.24) is 9.97 Å². The SMILES string of the molecule is COC(=O)c1nc(C)cc(Oc2cc(Br)ccc2C)n1. The van der Waals surface area contributed by atoms with Crippen molar-refractivity contribution in [3.63, 3.8) is 0 Å². The van der Waals surface area contributed by atoms with E-state index in [-0.39, 0.29) is 5.82 Å². The summed E-state index contributed by atoms with van der Waals surface area (Å²) in [6, 6.07) is 7.35. The minimum atomic E-state index is -0.593. The smallest absolute Gasteiger partial charge is 0.376 e. The third-order valence-electron chi connectivity index (χ3n) is 2.56. The predicted molar refractivity (Wildman–Crippen MR) is 77.1 cm³/mol. The Morgan fingerprint density at radius 3 is 2.65 bits per heavy atom. The van der Waals surface area contributed by atoms with Gasteiger partial charge in [-0.3, -0.25) is 0 Å². The number of hydrogen-bond acceptors (Lipinski definition) is 5. The van der Waals surface area contributed by atoms with Gasteiger partial charge in [0.05, 0.1) is 7.11 Å². The lowest BCUT2D eigenvalue weighted by Gasteiger charge is -2.09. The number of hydrogen-bond donors (Lipinski definition) is 0. The van der Waals surface area contributed by atoms with Gasteiger partial charge in [-0.2, -0.15) is 4.98 Å². The molecule has 0 aliphatic carbocycles. The Bertz CT molecular complexity index is 659. The first-order chi connectivity index (χ1) is 9.49. The van der Waals surface area contributed by atoms with Crippen molar-refractivity contribution in [2.75, 3.05) is 7.11 Å². The summed E-state index contributed by atoms with van der Waals surface area (Å²) in [6.07, 6.45) is 0. The fourth-order valence-electron chi connectivity index (χ4n) is 1.57. The molecule has 0 unspecified atom stereocenters. The summed E-state index contributed by atoms with van der Waals surface area (Å²) in [7, 11) is 1.28. The lowest BCUT2D eigenvalue weighted by molar-refractivity contribution is 0.0585. The molecular weight excluding hydrogens is 324 g/mol. The highest BCUT2D eigenvalue weighted by atomic mass is 79.9. The molecule has 0 aliphatic rings. The van der Waals surface area contributed by atoms with Gasteiger partial charge in [-0.1, -0.05) is 22.0 Å². The average Bonchev–Trinajstić information content (AvgIpc) is 2.41. The number of aryl methyl sites for hydroxylation is 2. The molecule has 6 heteroatoms.